The van der Waals surface area contributed by atoms with Crippen molar-refractivity contribution in [3.8, 4) is 0 Å². The van der Waals surface area contributed by atoms with Crippen LogP contribution in [0.1, 0.15) is 50.0 Å². The van der Waals surface area contributed by atoms with Gasteiger partial charge < -0.3 is 10.3 Å². The molecule has 4 heteroatoms. The van der Waals surface area contributed by atoms with Gasteiger partial charge in [0.05, 0.1) is 12.2 Å². The molecule has 0 radical (unpaired) electrons. The van der Waals surface area contributed by atoms with E-state index in [1.807, 2.05) is 10.9 Å². The second kappa shape index (κ2) is 4.85. The zero-order valence-corrected chi connectivity index (χ0v) is 11.7. The van der Waals surface area contributed by atoms with E-state index in [1.165, 1.54) is 18.4 Å². The van der Waals surface area contributed by atoms with E-state index in [2.05, 4.69) is 48.0 Å². The molecule has 1 saturated carbocycles. The number of nitrogens with two attached hydrogens (primary N) is 1. The number of aromatic nitrogens is 3. The van der Waals surface area contributed by atoms with Crippen LogP contribution < -0.4 is 5.73 Å². The predicted molar refractivity (Wildman–Crippen MR) is 75.8 cm³/mol. The Labute approximate surface area is 114 Å². The number of hydrogen-bond acceptors (Lipinski definition) is 2. The molecule has 2 aromatic heterocycles. The van der Waals surface area contributed by atoms with Crippen molar-refractivity contribution in [2.75, 3.05) is 0 Å². The van der Waals surface area contributed by atoms with Gasteiger partial charge in [-0.15, -0.1) is 0 Å². The molecule has 4 nitrogen and oxygen atoms in total. The normalized spacial score (nSPS) is 17.1. The Morgan fingerprint density at radius 1 is 1.32 bits per heavy atom. The van der Waals surface area contributed by atoms with E-state index in [-0.39, 0.29) is 6.04 Å². The molecule has 1 aliphatic rings. The highest BCUT2D eigenvalue weighted by Gasteiger charge is 2.29. The second-order valence-electron chi connectivity index (χ2n) is 5.86. The lowest BCUT2D eigenvalue weighted by Gasteiger charge is -2.07. The van der Waals surface area contributed by atoms with E-state index in [0.717, 1.165) is 12.2 Å². The van der Waals surface area contributed by atoms with Crippen LogP contribution in [0.25, 0.3) is 0 Å². The van der Waals surface area contributed by atoms with Gasteiger partial charge in [0, 0.05) is 30.7 Å². The van der Waals surface area contributed by atoms with Crippen molar-refractivity contribution in [3.05, 3.63) is 42.0 Å². The van der Waals surface area contributed by atoms with Crippen molar-refractivity contribution in [3.63, 3.8) is 0 Å². The Hall–Kier alpha value is -1.55. The third kappa shape index (κ3) is 2.73. The van der Waals surface area contributed by atoms with Crippen molar-refractivity contribution in [1.29, 1.82) is 0 Å². The highest BCUT2D eigenvalue weighted by atomic mass is 15.3. The number of rotatable bonds is 5. The van der Waals surface area contributed by atoms with E-state index in [4.69, 9.17) is 5.73 Å². The molecule has 0 amide bonds. The molecule has 2 N–H and O–H groups in total. The summed E-state index contributed by atoms with van der Waals surface area (Å²) in [6.07, 6.45) is 8.87. The lowest BCUT2D eigenvalue weighted by molar-refractivity contribution is 0.523. The fourth-order valence-corrected chi connectivity index (χ4v) is 2.42. The molecule has 0 saturated heterocycles. The fraction of sp³-hybridized carbons (Fsp3) is 0.533. The van der Waals surface area contributed by atoms with Crippen LogP contribution in [0, 0.1) is 5.92 Å². The van der Waals surface area contributed by atoms with Crippen molar-refractivity contribution >= 4 is 0 Å². The zero-order chi connectivity index (χ0) is 13.4. The van der Waals surface area contributed by atoms with Gasteiger partial charge in [-0.2, -0.15) is 5.10 Å². The first-order valence-corrected chi connectivity index (χ1v) is 7.09. The highest BCUT2D eigenvalue weighted by molar-refractivity contribution is 5.18. The van der Waals surface area contributed by atoms with Gasteiger partial charge in [0.1, 0.15) is 0 Å². The average Bonchev–Trinajstić information content (AvgIpc) is 2.94. The van der Waals surface area contributed by atoms with Gasteiger partial charge in [-0.05, 0) is 50.3 Å². The smallest absolute Gasteiger partial charge is 0.0821 e. The summed E-state index contributed by atoms with van der Waals surface area (Å²) in [7, 11) is 0. The molecule has 1 fully saturated rings. The Kier molecular flexibility index (Phi) is 3.19. The quantitative estimate of drug-likeness (QED) is 0.896. The maximum Gasteiger partial charge on any atom is 0.0821 e. The standard InChI is InChI=1S/C15H22N4/c1-11(2)19-8-6-14(17-19)10-18-7-5-13(9-18)15(16)12-3-4-12/h5-9,11-12,15H,3-4,10,16H2,1-2H3. The van der Waals surface area contributed by atoms with Crippen LogP contribution in [0.4, 0.5) is 0 Å². The summed E-state index contributed by atoms with van der Waals surface area (Å²) >= 11 is 0. The van der Waals surface area contributed by atoms with Crippen LogP contribution in [0.5, 0.6) is 0 Å². The third-order valence-electron chi connectivity index (χ3n) is 3.83. The Morgan fingerprint density at radius 3 is 2.74 bits per heavy atom. The summed E-state index contributed by atoms with van der Waals surface area (Å²) in [6.45, 7) is 5.09. The monoisotopic (exact) mass is 258 g/mol. The van der Waals surface area contributed by atoms with Crippen molar-refractivity contribution in [2.45, 2.75) is 45.3 Å². The molecule has 2 heterocycles. The van der Waals surface area contributed by atoms with Gasteiger partial charge >= 0.3 is 0 Å². The van der Waals surface area contributed by atoms with Crippen molar-refractivity contribution < 1.29 is 0 Å². The maximum atomic E-state index is 6.22. The largest absolute Gasteiger partial charge is 0.348 e. The van der Waals surface area contributed by atoms with Gasteiger partial charge in [0.25, 0.3) is 0 Å². The van der Waals surface area contributed by atoms with Gasteiger partial charge in [0.15, 0.2) is 0 Å². The van der Waals surface area contributed by atoms with Crippen molar-refractivity contribution in [2.24, 2.45) is 11.7 Å². The van der Waals surface area contributed by atoms with Gasteiger partial charge in [-0.25, -0.2) is 0 Å². The molecule has 0 spiro atoms. The van der Waals surface area contributed by atoms with E-state index in [1.54, 1.807) is 0 Å². The maximum absolute atomic E-state index is 6.22. The molecule has 0 aromatic carbocycles. The molecule has 2 aromatic rings. The first-order valence-electron chi connectivity index (χ1n) is 7.09. The van der Waals surface area contributed by atoms with E-state index < -0.39 is 0 Å². The SMILES string of the molecule is CC(C)n1ccc(Cn2ccc(C(N)C3CC3)c2)n1. The van der Waals surface area contributed by atoms with E-state index >= 15 is 0 Å². The van der Waals surface area contributed by atoms with Crippen LogP contribution in [0.3, 0.4) is 0 Å². The average molecular weight is 258 g/mol. The van der Waals surface area contributed by atoms with Gasteiger partial charge in [0.2, 0.25) is 0 Å². The summed E-state index contributed by atoms with van der Waals surface area (Å²) < 4.78 is 4.17. The molecule has 1 atom stereocenters. The number of nitrogens with zero attached hydrogens (tertiary/aromatic N) is 3. The minimum Gasteiger partial charge on any atom is -0.348 e. The lowest BCUT2D eigenvalue weighted by Crippen LogP contribution is -2.11. The summed E-state index contributed by atoms with van der Waals surface area (Å²) in [5.41, 5.74) is 8.57. The molecule has 3 rings (SSSR count). The van der Waals surface area contributed by atoms with Crippen LogP contribution in [0.2, 0.25) is 0 Å². The highest BCUT2D eigenvalue weighted by Crippen LogP contribution is 2.39. The van der Waals surface area contributed by atoms with Gasteiger partial charge in [-0.3, -0.25) is 4.68 Å². The Balaban J connectivity index is 1.68. The molecule has 19 heavy (non-hydrogen) atoms. The summed E-state index contributed by atoms with van der Waals surface area (Å²) in [4.78, 5) is 0. The van der Waals surface area contributed by atoms with Crippen LogP contribution in [-0.2, 0) is 6.54 Å². The molecular formula is C15H22N4. The summed E-state index contributed by atoms with van der Waals surface area (Å²) in [5, 5.41) is 4.57. The minimum absolute atomic E-state index is 0.217. The minimum atomic E-state index is 0.217. The topological polar surface area (TPSA) is 48.8 Å². The second-order valence-corrected chi connectivity index (χ2v) is 5.86. The van der Waals surface area contributed by atoms with Crippen molar-refractivity contribution in [1.82, 2.24) is 14.3 Å². The molecule has 0 bridgehead atoms. The van der Waals surface area contributed by atoms with Gasteiger partial charge in [-0.1, -0.05) is 0 Å². The van der Waals surface area contributed by atoms with E-state index in [0.29, 0.717) is 12.0 Å². The first kappa shape index (κ1) is 12.5. The Bertz CT molecular complexity index is 548. The zero-order valence-electron chi connectivity index (χ0n) is 11.7. The molecule has 1 aliphatic carbocycles. The van der Waals surface area contributed by atoms with Crippen LogP contribution in [0.15, 0.2) is 30.7 Å². The first-order chi connectivity index (χ1) is 9.13. The summed E-state index contributed by atoms with van der Waals surface area (Å²) in [5.74, 6) is 0.705. The molecule has 1 unspecified atom stereocenters. The van der Waals surface area contributed by atoms with E-state index in [9.17, 15) is 0 Å². The molecule has 102 valence electrons. The predicted octanol–water partition coefficient (Wildman–Crippen LogP) is 2.72. The van der Waals surface area contributed by atoms with Crippen LogP contribution in [-0.4, -0.2) is 14.3 Å². The lowest BCUT2D eigenvalue weighted by atomic mass is 10.1. The number of hydrogen-bond donors (Lipinski definition) is 1. The van der Waals surface area contributed by atoms with Crippen LogP contribution >= 0.6 is 0 Å². The third-order valence-corrected chi connectivity index (χ3v) is 3.83. The summed E-state index contributed by atoms with van der Waals surface area (Å²) in [6, 6.07) is 4.86. The molecular weight excluding hydrogens is 236 g/mol. The Morgan fingerprint density at radius 2 is 2.11 bits per heavy atom. The fourth-order valence-electron chi connectivity index (χ4n) is 2.42. The molecule has 0 aliphatic heterocycles.